The highest BCUT2D eigenvalue weighted by Crippen LogP contribution is 2.36. The Labute approximate surface area is 126 Å². The highest BCUT2D eigenvalue weighted by Gasteiger charge is 2.38. The number of hydrogen-bond acceptors (Lipinski definition) is 4. The molecule has 1 saturated heterocycles. The molecule has 1 aromatic rings. The van der Waals surface area contributed by atoms with E-state index in [0.717, 1.165) is 38.2 Å². The van der Waals surface area contributed by atoms with Gasteiger partial charge in [0.1, 0.15) is 11.5 Å². The molecule has 1 N–H and O–H groups in total. The van der Waals surface area contributed by atoms with Crippen molar-refractivity contribution in [3.63, 3.8) is 0 Å². The van der Waals surface area contributed by atoms with Crippen LogP contribution in [0.3, 0.4) is 0 Å². The summed E-state index contributed by atoms with van der Waals surface area (Å²) in [5.74, 6) is 1.51. The third-order valence-corrected chi connectivity index (χ3v) is 4.70. The van der Waals surface area contributed by atoms with Gasteiger partial charge < -0.3 is 10.2 Å². The molecule has 2 fully saturated rings. The molecule has 1 aliphatic heterocycles. The van der Waals surface area contributed by atoms with Crippen LogP contribution in [0.2, 0.25) is 0 Å². The SMILES string of the molecule is CCCNc1cnc(C(=O)N2CCC3CCCCC32)cn1. The molecule has 5 heteroatoms. The van der Waals surface area contributed by atoms with Crippen LogP contribution in [-0.4, -0.2) is 39.9 Å². The molecule has 1 aromatic heterocycles. The van der Waals surface area contributed by atoms with Crippen molar-refractivity contribution >= 4 is 11.7 Å². The summed E-state index contributed by atoms with van der Waals surface area (Å²) >= 11 is 0. The van der Waals surface area contributed by atoms with Gasteiger partial charge in [0.05, 0.1) is 12.4 Å². The molecule has 2 unspecified atom stereocenters. The number of carbonyl (C=O) groups excluding carboxylic acids is 1. The molecular weight excluding hydrogens is 264 g/mol. The van der Waals surface area contributed by atoms with Crippen molar-refractivity contribution in [1.29, 1.82) is 0 Å². The van der Waals surface area contributed by atoms with Gasteiger partial charge in [-0.25, -0.2) is 9.97 Å². The Morgan fingerprint density at radius 1 is 1.29 bits per heavy atom. The highest BCUT2D eigenvalue weighted by molar-refractivity contribution is 5.92. The first-order valence-corrected chi connectivity index (χ1v) is 8.16. The van der Waals surface area contributed by atoms with Gasteiger partial charge in [-0.05, 0) is 31.6 Å². The summed E-state index contributed by atoms with van der Waals surface area (Å²) in [7, 11) is 0. The van der Waals surface area contributed by atoms with E-state index in [2.05, 4.69) is 22.2 Å². The number of rotatable bonds is 4. The standard InChI is InChI=1S/C16H24N4O/c1-2-8-17-15-11-18-13(10-19-15)16(21)20-9-7-12-5-3-4-6-14(12)20/h10-12,14H,2-9H2,1H3,(H,17,19). The average molecular weight is 288 g/mol. The van der Waals surface area contributed by atoms with Gasteiger partial charge in [0, 0.05) is 19.1 Å². The van der Waals surface area contributed by atoms with Gasteiger partial charge in [0.15, 0.2) is 0 Å². The molecule has 1 amide bonds. The molecule has 21 heavy (non-hydrogen) atoms. The number of hydrogen-bond donors (Lipinski definition) is 1. The molecule has 114 valence electrons. The molecule has 1 aliphatic carbocycles. The van der Waals surface area contributed by atoms with Crippen LogP contribution >= 0.6 is 0 Å². The number of likely N-dealkylation sites (tertiary alicyclic amines) is 1. The number of carbonyl (C=O) groups is 1. The summed E-state index contributed by atoms with van der Waals surface area (Å²) in [5.41, 5.74) is 0.475. The van der Waals surface area contributed by atoms with E-state index in [-0.39, 0.29) is 5.91 Å². The Bertz CT molecular complexity index is 488. The summed E-state index contributed by atoms with van der Waals surface area (Å²) in [5, 5.41) is 3.18. The van der Waals surface area contributed by atoms with E-state index in [4.69, 9.17) is 0 Å². The monoisotopic (exact) mass is 288 g/mol. The van der Waals surface area contributed by atoms with Crippen LogP contribution in [-0.2, 0) is 0 Å². The zero-order chi connectivity index (χ0) is 14.7. The average Bonchev–Trinajstić information content (AvgIpc) is 2.97. The van der Waals surface area contributed by atoms with Crippen molar-refractivity contribution in [2.45, 2.75) is 51.5 Å². The summed E-state index contributed by atoms with van der Waals surface area (Å²) in [6.45, 7) is 3.86. The minimum Gasteiger partial charge on any atom is -0.369 e. The Balaban J connectivity index is 1.67. The molecule has 0 aromatic carbocycles. The van der Waals surface area contributed by atoms with E-state index in [1.165, 1.54) is 19.3 Å². The van der Waals surface area contributed by atoms with Crippen LogP contribution in [0, 0.1) is 5.92 Å². The van der Waals surface area contributed by atoms with Crippen LogP contribution in [0.4, 0.5) is 5.82 Å². The molecule has 2 aliphatic rings. The number of nitrogens with zero attached hydrogens (tertiary/aromatic N) is 3. The lowest BCUT2D eigenvalue weighted by Gasteiger charge is -2.31. The van der Waals surface area contributed by atoms with Gasteiger partial charge in [-0.1, -0.05) is 19.8 Å². The fourth-order valence-electron chi connectivity index (χ4n) is 3.59. The van der Waals surface area contributed by atoms with E-state index in [0.29, 0.717) is 17.7 Å². The summed E-state index contributed by atoms with van der Waals surface area (Å²) in [6.07, 6.45) is 10.5. The third-order valence-electron chi connectivity index (χ3n) is 4.70. The van der Waals surface area contributed by atoms with Gasteiger partial charge in [0.25, 0.3) is 5.91 Å². The second-order valence-electron chi connectivity index (χ2n) is 6.11. The Morgan fingerprint density at radius 3 is 2.90 bits per heavy atom. The van der Waals surface area contributed by atoms with E-state index in [1.54, 1.807) is 12.4 Å². The second-order valence-corrected chi connectivity index (χ2v) is 6.11. The molecule has 1 saturated carbocycles. The Hall–Kier alpha value is -1.65. The zero-order valence-electron chi connectivity index (χ0n) is 12.7. The fraction of sp³-hybridized carbons (Fsp3) is 0.688. The first-order chi connectivity index (χ1) is 10.3. The fourth-order valence-corrected chi connectivity index (χ4v) is 3.59. The molecule has 0 radical (unpaired) electrons. The lowest BCUT2D eigenvalue weighted by Crippen LogP contribution is -2.39. The van der Waals surface area contributed by atoms with Crippen molar-refractivity contribution in [2.24, 2.45) is 5.92 Å². The van der Waals surface area contributed by atoms with Crippen molar-refractivity contribution in [1.82, 2.24) is 14.9 Å². The number of fused-ring (bicyclic) bond motifs is 1. The molecule has 2 heterocycles. The summed E-state index contributed by atoms with van der Waals surface area (Å²) < 4.78 is 0. The zero-order valence-corrected chi connectivity index (χ0v) is 12.7. The second kappa shape index (κ2) is 6.41. The van der Waals surface area contributed by atoms with Gasteiger partial charge >= 0.3 is 0 Å². The van der Waals surface area contributed by atoms with Crippen molar-refractivity contribution in [3.8, 4) is 0 Å². The van der Waals surface area contributed by atoms with E-state index < -0.39 is 0 Å². The van der Waals surface area contributed by atoms with E-state index in [1.807, 2.05) is 4.90 Å². The Kier molecular flexibility index (Phi) is 4.36. The predicted molar refractivity (Wildman–Crippen MR) is 82.2 cm³/mol. The number of amides is 1. The quantitative estimate of drug-likeness (QED) is 0.925. The van der Waals surface area contributed by atoms with Gasteiger partial charge in [-0.15, -0.1) is 0 Å². The predicted octanol–water partition coefficient (Wildman–Crippen LogP) is 2.70. The number of aromatic nitrogens is 2. The van der Waals surface area contributed by atoms with Gasteiger partial charge in [-0.2, -0.15) is 0 Å². The van der Waals surface area contributed by atoms with Crippen molar-refractivity contribution in [2.75, 3.05) is 18.4 Å². The number of anilines is 1. The van der Waals surface area contributed by atoms with Crippen LogP contribution in [0.15, 0.2) is 12.4 Å². The molecule has 3 rings (SSSR count). The van der Waals surface area contributed by atoms with E-state index >= 15 is 0 Å². The normalized spacial score (nSPS) is 24.7. The molecule has 2 atom stereocenters. The highest BCUT2D eigenvalue weighted by atomic mass is 16.2. The lowest BCUT2D eigenvalue weighted by molar-refractivity contribution is 0.0683. The van der Waals surface area contributed by atoms with Crippen molar-refractivity contribution in [3.05, 3.63) is 18.1 Å². The number of nitrogens with one attached hydrogen (secondary N) is 1. The third kappa shape index (κ3) is 3.01. The largest absolute Gasteiger partial charge is 0.369 e. The summed E-state index contributed by atoms with van der Waals surface area (Å²) in [4.78, 5) is 23.3. The van der Waals surface area contributed by atoms with Crippen LogP contribution in [0.25, 0.3) is 0 Å². The minimum atomic E-state index is 0.0546. The first kappa shape index (κ1) is 14.3. The smallest absolute Gasteiger partial charge is 0.274 e. The minimum absolute atomic E-state index is 0.0546. The topological polar surface area (TPSA) is 58.1 Å². The van der Waals surface area contributed by atoms with Crippen LogP contribution in [0.5, 0.6) is 0 Å². The van der Waals surface area contributed by atoms with Crippen LogP contribution in [0.1, 0.15) is 55.9 Å². The molecule has 0 bridgehead atoms. The van der Waals surface area contributed by atoms with Crippen LogP contribution < -0.4 is 5.32 Å². The molecule has 0 spiro atoms. The maximum Gasteiger partial charge on any atom is 0.274 e. The van der Waals surface area contributed by atoms with Gasteiger partial charge in [-0.3, -0.25) is 4.79 Å². The molecule has 5 nitrogen and oxygen atoms in total. The Morgan fingerprint density at radius 2 is 2.14 bits per heavy atom. The maximum atomic E-state index is 12.6. The van der Waals surface area contributed by atoms with Gasteiger partial charge in [0.2, 0.25) is 0 Å². The van der Waals surface area contributed by atoms with Crippen molar-refractivity contribution < 1.29 is 4.79 Å². The lowest BCUT2D eigenvalue weighted by atomic mass is 9.85. The first-order valence-electron chi connectivity index (χ1n) is 8.16. The van der Waals surface area contributed by atoms with E-state index in [9.17, 15) is 4.79 Å². The summed E-state index contributed by atoms with van der Waals surface area (Å²) in [6, 6.07) is 0.436. The molecular formula is C16H24N4O. The maximum absolute atomic E-state index is 12.6.